The zero-order chi connectivity index (χ0) is 15.7. The molecule has 0 spiro atoms. The molecular weight excluding hydrogens is 302 g/mol. The monoisotopic (exact) mass is 319 g/mol. The summed E-state index contributed by atoms with van der Waals surface area (Å²) in [6, 6.07) is 10.3. The number of benzene rings is 2. The fraction of sp³-hybridized carbons (Fsp3) is 0.250. The van der Waals surface area contributed by atoms with E-state index in [-0.39, 0.29) is 4.90 Å². The molecule has 22 heavy (non-hydrogen) atoms. The fourth-order valence-corrected chi connectivity index (χ4v) is 3.73. The Hall–Kier alpha value is -2.21. The molecule has 0 aliphatic carbocycles. The predicted octanol–water partition coefficient (Wildman–Crippen LogP) is 2.88. The van der Waals surface area contributed by atoms with Gasteiger partial charge in [-0.15, -0.1) is 0 Å². The van der Waals surface area contributed by atoms with Crippen molar-refractivity contribution in [1.29, 1.82) is 0 Å². The van der Waals surface area contributed by atoms with Gasteiger partial charge in [-0.2, -0.15) is 0 Å². The minimum atomic E-state index is -3.64. The summed E-state index contributed by atoms with van der Waals surface area (Å²) in [5.74, 6) is 1.20. The SMILES string of the molecule is Cc1cc2c(cc1NS(=O)(=O)c1ccccc1C)OCCO2. The van der Waals surface area contributed by atoms with E-state index in [1.54, 1.807) is 37.3 Å². The Morgan fingerprint density at radius 3 is 2.27 bits per heavy atom. The summed E-state index contributed by atoms with van der Waals surface area (Å²) in [6.07, 6.45) is 0. The van der Waals surface area contributed by atoms with E-state index in [0.717, 1.165) is 5.56 Å². The largest absolute Gasteiger partial charge is 0.486 e. The second-order valence-electron chi connectivity index (χ2n) is 5.18. The molecule has 0 atom stereocenters. The Kier molecular flexibility index (Phi) is 3.70. The van der Waals surface area contributed by atoms with E-state index < -0.39 is 10.0 Å². The van der Waals surface area contributed by atoms with E-state index in [2.05, 4.69) is 4.72 Å². The van der Waals surface area contributed by atoms with Crippen LogP contribution in [0.15, 0.2) is 41.3 Å². The molecular formula is C16H17NO4S. The van der Waals surface area contributed by atoms with E-state index in [1.807, 2.05) is 13.0 Å². The number of sulfonamides is 1. The van der Waals surface area contributed by atoms with Crippen LogP contribution in [0.25, 0.3) is 0 Å². The van der Waals surface area contributed by atoms with Gasteiger partial charge in [0.2, 0.25) is 0 Å². The van der Waals surface area contributed by atoms with Crippen LogP contribution >= 0.6 is 0 Å². The van der Waals surface area contributed by atoms with Crippen molar-refractivity contribution >= 4 is 15.7 Å². The molecule has 0 radical (unpaired) electrons. The lowest BCUT2D eigenvalue weighted by atomic mass is 10.2. The van der Waals surface area contributed by atoms with Gasteiger partial charge in [0.1, 0.15) is 13.2 Å². The van der Waals surface area contributed by atoms with Crippen molar-refractivity contribution in [1.82, 2.24) is 0 Å². The smallest absolute Gasteiger partial charge is 0.262 e. The van der Waals surface area contributed by atoms with Gasteiger partial charge in [-0.3, -0.25) is 4.72 Å². The molecule has 1 aliphatic rings. The Balaban J connectivity index is 1.98. The lowest BCUT2D eigenvalue weighted by molar-refractivity contribution is 0.171. The highest BCUT2D eigenvalue weighted by Gasteiger charge is 2.20. The van der Waals surface area contributed by atoms with Crippen molar-refractivity contribution < 1.29 is 17.9 Å². The summed E-state index contributed by atoms with van der Waals surface area (Å²) in [5.41, 5.74) is 1.97. The molecule has 3 rings (SSSR count). The van der Waals surface area contributed by atoms with Gasteiger partial charge in [-0.1, -0.05) is 18.2 Å². The van der Waals surface area contributed by atoms with Crippen LogP contribution in [0.5, 0.6) is 11.5 Å². The molecule has 0 fully saturated rings. The van der Waals surface area contributed by atoms with E-state index in [4.69, 9.17) is 9.47 Å². The average molecular weight is 319 g/mol. The highest BCUT2D eigenvalue weighted by Crippen LogP contribution is 2.36. The molecule has 0 saturated heterocycles. The number of hydrogen-bond donors (Lipinski definition) is 1. The summed E-state index contributed by atoms with van der Waals surface area (Å²) in [4.78, 5) is 0.268. The highest BCUT2D eigenvalue weighted by molar-refractivity contribution is 7.92. The minimum Gasteiger partial charge on any atom is -0.486 e. The fourth-order valence-electron chi connectivity index (χ4n) is 2.36. The molecule has 1 aliphatic heterocycles. The zero-order valence-electron chi connectivity index (χ0n) is 12.4. The van der Waals surface area contributed by atoms with E-state index in [0.29, 0.717) is 36.0 Å². The van der Waals surface area contributed by atoms with Crippen molar-refractivity contribution in [2.45, 2.75) is 18.7 Å². The second kappa shape index (κ2) is 5.53. The first-order valence-electron chi connectivity index (χ1n) is 6.96. The molecule has 0 unspecified atom stereocenters. The molecule has 2 aromatic rings. The molecule has 116 valence electrons. The zero-order valence-corrected chi connectivity index (χ0v) is 13.2. The van der Waals surface area contributed by atoms with Crippen LogP contribution in [-0.4, -0.2) is 21.6 Å². The first-order valence-corrected chi connectivity index (χ1v) is 8.44. The first kappa shape index (κ1) is 14.7. The van der Waals surface area contributed by atoms with Crippen molar-refractivity contribution in [2.24, 2.45) is 0 Å². The Morgan fingerprint density at radius 1 is 0.955 bits per heavy atom. The molecule has 0 amide bonds. The Bertz CT molecular complexity index is 815. The van der Waals surface area contributed by atoms with Gasteiger partial charge in [-0.05, 0) is 37.1 Å². The van der Waals surface area contributed by atoms with Gasteiger partial charge < -0.3 is 9.47 Å². The van der Waals surface area contributed by atoms with Crippen LogP contribution < -0.4 is 14.2 Å². The van der Waals surface area contributed by atoms with E-state index in [9.17, 15) is 8.42 Å². The molecule has 1 heterocycles. The summed E-state index contributed by atoms with van der Waals surface area (Å²) in [6.45, 7) is 4.56. The molecule has 0 bridgehead atoms. The lowest BCUT2D eigenvalue weighted by Gasteiger charge is -2.21. The summed E-state index contributed by atoms with van der Waals surface area (Å²) in [5, 5.41) is 0. The highest BCUT2D eigenvalue weighted by atomic mass is 32.2. The Morgan fingerprint density at radius 2 is 1.59 bits per heavy atom. The van der Waals surface area contributed by atoms with Gasteiger partial charge in [0.15, 0.2) is 11.5 Å². The number of ether oxygens (including phenoxy) is 2. The standard InChI is InChI=1S/C16H17NO4S/c1-11-5-3-4-6-16(11)22(18,19)17-13-10-15-14(9-12(13)2)20-7-8-21-15/h3-6,9-10,17H,7-8H2,1-2H3. The van der Waals surface area contributed by atoms with Crippen LogP contribution in [0.4, 0.5) is 5.69 Å². The van der Waals surface area contributed by atoms with Crippen molar-refractivity contribution in [3.63, 3.8) is 0 Å². The maximum Gasteiger partial charge on any atom is 0.262 e. The molecule has 6 heteroatoms. The van der Waals surface area contributed by atoms with Gasteiger partial charge in [0.05, 0.1) is 10.6 Å². The van der Waals surface area contributed by atoms with E-state index in [1.165, 1.54) is 0 Å². The van der Waals surface area contributed by atoms with Gasteiger partial charge in [-0.25, -0.2) is 8.42 Å². The number of anilines is 1. The van der Waals surface area contributed by atoms with Gasteiger partial charge in [0.25, 0.3) is 10.0 Å². The summed E-state index contributed by atoms with van der Waals surface area (Å²) in [7, 11) is -3.64. The Labute approximate surface area is 129 Å². The summed E-state index contributed by atoms with van der Waals surface area (Å²) < 4.78 is 38.7. The minimum absolute atomic E-state index is 0.268. The predicted molar refractivity (Wildman–Crippen MR) is 84.2 cm³/mol. The van der Waals surface area contributed by atoms with Crippen molar-refractivity contribution in [2.75, 3.05) is 17.9 Å². The number of rotatable bonds is 3. The van der Waals surface area contributed by atoms with Gasteiger partial charge >= 0.3 is 0 Å². The molecule has 1 N–H and O–H groups in total. The normalized spacial score (nSPS) is 13.7. The summed E-state index contributed by atoms with van der Waals surface area (Å²) >= 11 is 0. The maximum atomic E-state index is 12.6. The lowest BCUT2D eigenvalue weighted by Crippen LogP contribution is -2.18. The van der Waals surface area contributed by atoms with Crippen LogP contribution in [0, 0.1) is 13.8 Å². The van der Waals surface area contributed by atoms with Gasteiger partial charge in [0, 0.05) is 6.07 Å². The van der Waals surface area contributed by atoms with Crippen LogP contribution in [0.2, 0.25) is 0 Å². The molecule has 0 aromatic heterocycles. The topological polar surface area (TPSA) is 64.6 Å². The van der Waals surface area contributed by atoms with Crippen molar-refractivity contribution in [3.05, 3.63) is 47.5 Å². The number of aryl methyl sites for hydroxylation is 2. The maximum absolute atomic E-state index is 12.6. The van der Waals surface area contributed by atoms with Crippen LogP contribution in [0.3, 0.4) is 0 Å². The third kappa shape index (κ3) is 2.74. The molecule has 0 saturated carbocycles. The third-order valence-corrected chi connectivity index (χ3v) is 5.04. The number of hydrogen-bond acceptors (Lipinski definition) is 4. The first-order chi connectivity index (χ1) is 10.5. The second-order valence-corrected chi connectivity index (χ2v) is 6.83. The number of nitrogens with one attached hydrogen (secondary N) is 1. The molecule has 2 aromatic carbocycles. The quantitative estimate of drug-likeness (QED) is 0.945. The van der Waals surface area contributed by atoms with Crippen molar-refractivity contribution in [3.8, 4) is 11.5 Å². The van der Waals surface area contributed by atoms with Crippen LogP contribution in [0.1, 0.15) is 11.1 Å². The average Bonchev–Trinajstić information content (AvgIpc) is 2.48. The van der Waals surface area contributed by atoms with E-state index >= 15 is 0 Å². The third-order valence-electron chi connectivity index (χ3n) is 3.52. The number of fused-ring (bicyclic) bond motifs is 1. The van der Waals surface area contributed by atoms with Crippen LogP contribution in [-0.2, 0) is 10.0 Å². The molecule has 5 nitrogen and oxygen atoms in total.